The first kappa shape index (κ1) is 8.03. The maximum Gasteiger partial charge on any atom is 0.574 e. The normalized spacial score (nSPS) is 17.8. The Morgan fingerprint density at radius 1 is 1.64 bits per heavy atom. The summed E-state index contributed by atoms with van der Waals surface area (Å²) in [6.07, 6.45) is -3.43. The summed E-state index contributed by atoms with van der Waals surface area (Å²) in [4.78, 5) is 1.31. The third kappa shape index (κ3) is 2.21. The van der Waals surface area contributed by atoms with E-state index in [1.807, 2.05) is 0 Å². The Labute approximate surface area is 61.4 Å². The van der Waals surface area contributed by atoms with E-state index in [0.717, 1.165) is 0 Å². The van der Waals surface area contributed by atoms with Crippen LogP contribution in [0.2, 0.25) is 0 Å². The van der Waals surface area contributed by atoms with Gasteiger partial charge in [0.15, 0.2) is 0 Å². The van der Waals surface area contributed by atoms with Crippen molar-refractivity contribution in [3.63, 3.8) is 0 Å². The van der Waals surface area contributed by atoms with Crippen LogP contribution in [0.3, 0.4) is 0 Å². The summed E-state index contributed by atoms with van der Waals surface area (Å²) in [6.45, 7) is 0.339. The van der Waals surface area contributed by atoms with E-state index in [2.05, 4.69) is 10.1 Å². The van der Waals surface area contributed by atoms with Crippen molar-refractivity contribution < 1.29 is 17.9 Å². The molecule has 0 saturated heterocycles. The first-order chi connectivity index (χ1) is 4.99. The highest BCUT2D eigenvalue weighted by molar-refractivity contribution is 4.95. The summed E-state index contributed by atoms with van der Waals surface area (Å²) in [5, 5.41) is 2.58. The monoisotopic (exact) mass is 168 g/mol. The molecule has 11 heavy (non-hydrogen) atoms. The molecule has 1 aliphatic rings. The van der Waals surface area contributed by atoms with Crippen LogP contribution in [0, 0.1) is 0 Å². The van der Waals surface area contributed by atoms with Crippen molar-refractivity contribution in [1.29, 1.82) is 0 Å². The van der Waals surface area contributed by atoms with Crippen molar-refractivity contribution in [2.45, 2.75) is 6.36 Å². The zero-order chi connectivity index (χ0) is 8.48. The second-order valence-corrected chi connectivity index (χ2v) is 2.09. The van der Waals surface area contributed by atoms with Crippen molar-refractivity contribution >= 4 is 0 Å². The van der Waals surface area contributed by atoms with Gasteiger partial charge >= 0.3 is 6.36 Å². The molecule has 1 N–H and O–H groups in total. The SMILES string of the molecule is CN1CNC=C1OC(F)(F)F. The van der Waals surface area contributed by atoms with Crippen LogP contribution >= 0.6 is 0 Å². The summed E-state index contributed by atoms with van der Waals surface area (Å²) in [6, 6.07) is 0. The summed E-state index contributed by atoms with van der Waals surface area (Å²) < 4.78 is 38.3. The lowest BCUT2D eigenvalue weighted by atomic mass is 10.8. The van der Waals surface area contributed by atoms with Crippen LogP contribution in [-0.2, 0) is 4.74 Å². The molecule has 0 aromatic carbocycles. The number of alkyl halides is 3. The highest BCUT2D eigenvalue weighted by atomic mass is 19.4. The molecule has 0 radical (unpaired) electrons. The van der Waals surface area contributed by atoms with Crippen LogP contribution in [0.25, 0.3) is 0 Å². The van der Waals surface area contributed by atoms with E-state index in [1.54, 1.807) is 0 Å². The van der Waals surface area contributed by atoms with Crippen LogP contribution in [0.4, 0.5) is 13.2 Å². The average Bonchev–Trinajstić information content (AvgIpc) is 2.12. The smallest absolute Gasteiger partial charge is 0.388 e. The lowest BCUT2D eigenvalue weighted by molar-refractivity contribution is -0.312. The predicted octanol–water partition coefficient (Wildman–Crippen LogP) is 0.814. The number of rotatable bonds is 1. The minimum atomic E-state index is -4.61. The van der Waals surface area contributed by atoms with Crippen molar-refractivity contribution in [2.75, 3.05) is 13.7 Å². The molecular weight excluding hydrogens is 161 g/mol. The van der Waals surface area contributed by atoms with E-state index < -0.39 is 6.36 Å². The Balaban J connectivity index is 2.49. The number of ether oxygens (including phenoxy) is 1. The van der Waals surface area contributed by atoms with Crippen LogP contribution in [0.5, 0.6) is 0 Å². The molecule has 0 aliphatic carbocycles. The van der Waals surface area contributed by atoms with Gasteiger partial charge in [0.25, 0.3) is 0 Å². The molecule has 0 spiro atoms. The summed E-state index contributed by atoms with van der Waals surface area (Å²) in [5.41, 5.74) is 0. The average molecular weight is 168 g/mol. The van der Waals surface area contributed by atoms with Gasteiger partial charge in [-0.15, -0.1) is 13.2 Å². The van der Waals surface area contributed by atoms with Gasteiger partial charge in [0.1, 0.15) is 0 Å². The number of hydrogen-bond acceptors (Lipinski definition) is 3. The van der Waals surface area contributed by atoms with Crippen molar-refractivity contribution in [3.8, 4) is 0 Å². The maximum atomic E-state index is 11.6. The Kier molecular flexibility index (Phi) is 1.84. The Bertz CT molecular complexity index is 177. The number of hydrogen-bond donors (Lipinski definition) is 1. The molecule has 64 valence electrons. The molecule has 0 bridgehead atoms. The quantitative estimate of drug-likeness (QED) is 0.627. The molecule has 0 saturated carbocycles. The van der Waals surface area contributed by atoms with Gasteiger partial charge in [-0.05, 0) is 0 Å². The highest BCUT2D eigenvalue weighted by Gasteiger charge is 2.34. The molecule has 0 aromatic rings. The number of nitrogens with zero attached hydrogens (tertiary/aromatic N) is 1. The standard InChI is InChI=1S/C5H7F3N2O/c1-10-3-9-2-4(10)11-5(6,7)8/h2,9H,3H2,1H3. The van der Waals surface area contributed by atoms with Gasteiger partial charge in [-0.1, -0.05) is 0 Å². The number of nitrogens with one attached hydrogen (secondary N) is 1. The van der Waals surface area contributed by atoms with Crippen molar-refractivity contribution in [1.82, 2.24) is 10.2 Å². The highest BCUT2D eigenvalue weighted by Crippen LogP contribution is 2.22. The largest absolute Gasteiger partial charge is 0.574 e. The molecule has 0 atom stereocenters. The lowest BCUT2D eigenvalue weighted by Crippen LogP contribution is -2.23. The first-order valence-corrected chi connectivity index (χ1v) is 2.89. The van der Waals surface area contributed by atoms with E-state index in [1.165, 1.54) is 18.1 Å². The molecule has 0 fully saturated rings. The number of halogens is 3. The first-order valence-electron chi connectivity index (χ1n) is 2.89. The molecule has 6 heteroatoms. The third-order valence-corrected chi connectivity index (χ3v) is 1.15. The van der Waals surface area contributed by atoms with Gasteiger partial charge in [0.2, 0.25) is 5.88 Å². The van der Waals surface area contributed by atoms with E-state index in [0.29, 0.717) is 6.67 Å². The fraction of sp³-hybridized carbons (Fsp3) is 0.600. The lowest BCUT2D eigenvalue weighted by Gasteiger charge is -2.16. The van der Waals surface area contributed by atoms with Crippen LogP contribution < -0.4 is 5.32 Å². The molecule has 0 aromatic heterocycles. The predicted molar refractivity (Wildman–Crippen MR) is 31.0 cm³/mol. The molecular formula is C5H7F3N2O. The van der Waals surface area contributed by atoms with E-state index in [9.17, 15) is 13.2 Å². The van der Waals surface area contributed by atoms with E-state index in [-0.39, 0.29) is 5.88 Å². The minimum Gasteiger partial charge on any atom is -0.388 e. The molecule has 3 nitrogen and oxygen atoms in total. The topological polar surface area (TPSA) is 24.5 Å². The summed E-state index contributed by atoms with van der Waals surface area (Å²) in [7, 11) is 1.50. The zero-order valence-corrected chi connectivity index (χ0v) is 5.77. The maximum absolute atomic E-state index is 11.6. The van der Waals surface area contributed by atoms with Gasteiger partial charge in [-0.2, -0.15) is 0 Å². The molecule has 0 amide bonds. The molecule has 1 aliphatic heterocycles. The fourth-order valence-electron chi connectivity index (χ4n) is 0.684. The van der Waals surface area contributed by atoms with Gasteiger partial charge in [-0.3, -0.25) is 0 Å². The molecule has 1 rings (SSSR count). The second-order valence-electron chi connectivity index (χ2n) is 2.09. The Morgan fingerprint density at radius 2 is 2.27 bits per heavy atom. The second kappa shape index (κ2) is 2.52. The van der Waals surface area contributed by atoms with Crippen LogP contribution in [0.1, 0.15) is 0 Å². The molecule has 0 unspecified atom stereocenters. The van der Waals surface area contributed by atoms with E-state index >= 15 is 0 Å². The van der Waals surface area contributed by atoms with Gasteiger partial charge in [0, 0.05) is 7.05 Å². The van der Waals surface area contributed by atoms with Crippen LogP contribution in [-0.4, -0.2) is 25.0 Å². The van der Waals surface area contributed by atoms with Crippen molar-refractivity contribution in [3.05, 3.63) is 12.1 Å². The summed E-state index contributed by atoms with van der Waals surface area (Å²) >= 11 is 0. The Hall–Kier alpha value is -1.07. The van der Waals surface area contributed by atoms with Crippen LogP contribution in [0.15, 0.2) is 12.1 Å². The molecule has 1 heterocycles. The van der Waals surface area contributed by atoms with Gasteiger partial charge in [0.05, 0.1) is 12.9 Å². The van der Waals surface area contributed by atoms with E-state index in [4.69, 9.17) is 0 Å². The van der Waals surface area contributed by atoms with Gasteiger partial charge < -0.3 is 15.0 Å². The third-order valence-electron chi connectivity index (χ3n) is 1.15. The summed E-state index contributed by atoms with van der Waals surface area (Å²) in [5.74, 6) is -0.211. The Morgan fingerprint density at radius 3 is 2.64 bits per heavy atom. The fourth-order valence-corrected chi connectivity index (χ4v) is 0.684. The zero-order valence-electron chi connectivity index (χ0n) is 5.77. The van der Waals surface area contributed by atoms with Crippen molar-refractivity contribution in [2.24, 2.45) is 0 Å². The van der Waals surface area contributed by atoms with Gasteiger partial charge in [-0.25, -0.2) is 0 Å². The minimum absolute atomic E-state index is 0.211.